The van der Waals surface area contributed by atoms with Crippen molar-refractivity contribution in [3.05, 3.63) is 99.0 Å². The summed E-state index contributed by atoms with van der Waals surface area (Å²) < 4.78 is 27.4. The Morgan fingerprint density at radius 1 is 0.875 bits per heavy atom. The average Bonchev–Trinajstić information content (AvgIpc) is 2.91. The van der Waals surface area contributed by atoms with E-state index in [0.717, 1.165) is 9.87 Å². The van der Waals surface area contributed by atoms with Crippen LogP contribution in [0.2, 0.25) is 15.1 Å². The summed E-state index contributed by atoms with van der Waals surface area (Å²) in [6, 6.07) is 19.1. The van der Waals surface area contributed by atoms with Crippen LogP contribution in [0.5, 0.6) is 0 Å². The summed E-state index contributed by atoms with van der Waals surface area (Å²) in [6.45, 7) is 3.89. The Labute approximate surface area is 251 Å². The van der Waals surface area contributed by atoms with Crippen LogP contribution in [0.4, 0.5) is 0 Å². The number of nitrogens with zero attached hydrogens (tertiary/aromatic N) is 2. The molecule has 0 saturated carbocycles. The van der Waals surface area contributed by atoms with E-state index in [1.54, 1.807) is 18.2 Å². The number of likely N-dealkylation sites (N-methyl/N-ethyl adjacent to an activating group) is 1. The number of nitrogens with one attached hydrogen (secondary N) is 1. The van der Waals surface area contributed by atoms with Crippen LogP contribution < -0.4 is 5.32 Å². The van der Waals surface area contributed by atoms with Gasteiger partial charge in [0.25, 0.3) is 0 Å². The molecule has 2 amide bonds. The van der Waals surface area contributed by atoms with Crippen LogP contribution in [-0.4, -0.2) is 55.6 Å². The second kappa shape index (κ2) is 14.3. The Bertz CT molecular complexity index is 1420. The molecule has 0 radical (unpaired) electrons. The van der Waals surface area contributed by atoms with Gasteiger partial charge in [-0.05, 0) is 53.4 Å². The number of carbonyl (C=O) groups is 2. The van der Waals surface area contributed by atoms with Gasteiger partial charge in [0.05, 0.1) is 21.5 Å². The molecule has 0 heterocycles. The molecule has 3 aromatic rings. The maximum absolute atomic E-state index is 13.9. The van der Waals surface area contributed by atoms with Crippen LogP contribution in [-0.2, 0) is 32.6 Å². The molecule has 40 heavy (non-hydrogen) atoms. The van der Waals surface area contributed by atoms with E-state index < -0.39 is 28.5 Å². The van der Waals surface area contributed by atoms with Crippen LogP contribution in [0.15, 0.2) is 77.7 Å². The molecule has 3 rings (SSSR count). The summed E-state index contributed by atoms with van der Waals surface area (Å²) in [5, 5.41) is 3.98. The SMILES string of the molecule is CC(C)CNC(=O)[C@@H](Cc1ccccc1)N(Cc1ccc(Cl)c(Cl)c1)C(=O)CN(C)S(=O)(=O)c1ccc(Cl)cc1. The van der Waals surface area contributed by atoms with Gasteiger partial charge in [0.2, 0.25) is 21.8 Å². The Balaban J connectivity index is 1.98. The quantitative estimate of drug-likeness (QED) is 0.281. The zero-order valence-corrected chi connectivity index (χ0v) is 25.6. The van der Waals surface area contributed by atoms with Crippen LogP contribution in [0.3, 0.4) is 0 Å². The van der Waals surface area contributed by atoms with Crippen molar-refractivity contribution in [2.45, 2.75) is 37.8 Å². The Hall–Kier alpha value is -2.62. The third kappa shape index (κ3) is 8.69. The number of benzene rings is 3. The van der Waals surface area contributed by atoms with Crippen LogP contribution >= 0.6 is 34.8 Å². The first-order valence-electron chi connectivity index (χ1n) is 12.7. The van der Waals surface area contributed by atoms with E-state index in [1.165, 1.54) is 36.2 Å². The van der Waals surface area contributed by atoms with Gasteiger partial charge in [-0.3, -0.25) is 9.59 Å². The highest BCUT2D eigenvalue weighted by Gasteiger charge is 2.33. The van der Waals surface area contributed by atoms with Gasteiger partial charge < -0.3 is 10.2 Å². The van der Waals surface area contributed by atoms with Crippen molar-refractivity contribution in [2.24, 2.45) is 5.92 Å². The fourth-order valence-corrected chi connectivity index (χ4v) is 5.53. The highest BCUT2D eigenvalue weighted by atomic mass is 35.5. The van der Waals surface area contributed by atoms with Gasteiger partial charge in [-0.1, -0.05) is 85.0 Å². The van der Waals surface area contributed by atoms with Gasteiger partial charge in [-0.2, -0.15) is 4.31 Å². The number of sulfonamides is 1. The van der Waals surface area contributed by atoms with Crippen molar-refractivity contribution >= 4 is 56.6 Å². The van der Waals surface area contributed by atoms with Crippen molar-refractivity contribution in [2.75, 3.05) is 20.1 Å². The van der Waals surface area contributed by atoms with Crippen LogP contribution in [0, 0.1) is 5.92 Å². The largest absolute Gasteiger partial charge is 0.354 e. The van der Waals surface area contributed by atoms with E-state index >= 15 is 0 Å². The van der Waals surface area contributed by atoms with Crippen LogP contribution in [0.25, 0.3) is 0 Å². The molecule has 11 heteroatoms. The summed E-state index contributed by atoms with van der Waals surface area (Å²) in [5.74, 6) is -0.697. The molecule has 0 fully saturated rings. The molecular formula is C29H32Cl3N3O4S. The third-order valence-electron chi connectivity index (χ3n) is 6.17. The number of amides is 2. The molecule has 0 aliphatic carbocycles. The third-order valence-corrected chi connectivity index (χ3v) is 8.98. The zero-order valence-electron chi connectivity index (χ0n) is 22.5. The standard InChI is InChI=1S/C29H32Cl3N3O4S/c1-20(2)17-33-29(37)27(16-21-7-5-4-6-8-21)35(18-22-9-14-25(31)26(32)15-22)28(36)19-34(3)40(38,39)24-12-10-23(30)11-13-24/h4-15,20,27H,16-19H2,1-3H3,(H,33,37)/t27-/m1/s1. The maximum atomic E-state index is 13.9. The highest BCUT2D eigenvalue weighted by Crippen LogP contribution is 2.25. The first-order chi connectivity index (χ1) is 18.9. The topological polar surface area (TPSA) is 86.8 Å². The molecule has 0 aliphatic heterocycles. The molecule has 0 saturated heterocycles. The summed E-state index contributed by atoms with van der Waals surface area (Å²) in [6.07, 6.45) is 0.228. The summed E-state index contributed by atoms with van der Waals surface area (Å²) in [7, 11) is -2.68. The minimum atomic E-state index is -4.01. The van der Waals surface area contributed by atoms with Gasteiger partial charge in [-0.25, -0.2) is 8.42 Å². The lowest BCUT2D eigenvalue weighted by molar-refractivity contribution is -0.141. The number of carbonyl (C=O) groups excluding carboxylic acids is 2. The summed E-state index contributed by atoms with van der Waals surface area (Å²) in [4.78, 5) is 28.8. The van der Waals surface area contributed by atoms with Gasteiger partial charge >= 0.3 is 0 Å². The number of rotatable bonds is 12. The second-order valence-electron chi connectivity index (χ2n) is 9.83. The molecule has 0 aliphatic rings. The van der Waals surface area contributed by atoms with Gasteiger partial charge in [-0.15, -0.1) is 0 Å². The Morgan fingerprint density at radius 3 is 2.12 bits per heavy atom. The number of halogens is 3. The highest BCUT2D eigenvalue weighted by molar-refractivity contribution is 7.89. The molecule has 0 aromatic heterocycles. The molecule has 1 atom stereocenters. The maximum Gasteiger partial charge on any atom is 0.243 e. The molecule has 1 N–H and O–H groups in total. The van der Waals surface area contributed by atoms with Crippen molar-refractivity contribution in [3.8, 4) is 0 Å². The van der Waals surface area contributed by atoms with Gasteiger partial charge in [0, 0.05) is 31.6 Å². The smallest absolute Gasteiger partial charge is 0.243 e. The lowest BCUT2D eigenvalue weighted by Crippen LogP contribution is -2.53. The first kappa shape index (κ1) is 31.9. The molecular weight excluding hydrogens is 593 g/mol. The van der Waals surface area contributed by atoms with Crippen LogP contribution in [0.1, 0.15) is 25.0 Å². The minimum Gasteiger partial charge on any atom is -0.354 e. The van der Waals surface area contributed by atoms with E-state index in [-0.39, 0.29) is 29.7 Å². The summed E-state index contributed by atoms with van der Waals surface area (Å²) in [5.41, 5.74) is 1.49. The minimum absolute atomic E-state index is 0.00116. The van der Waals surface area contributed by atoms with Crippen molar-refractivity contribution < 1.29 is 18.0 Å². The molecule has 214 valence electrons. The normalized spacial score (nSPS) is 12.4. The predicted molar refractivity (Wildman–Crippen MR) is 160 cm³/mol. The van der Waals surface area contributed by atoms with Gasteiger partial charge in [0.15, 0.2) is 0 Å². The van der Waals surface area contributed by atoms with E-state index in [0.29, 0.717) is 27.2 Å². The molecule has 0 spiro atoms. The van der Waals surface area contributed by atoms with E-state index in [9.17, 15) is 18.0 Å². The fourth-order valence-electron chi connectivity index (χ4n) is 3.96. The Morgan fingerprint density at radius 2 is 1.52 bits per heavy atom. The molecule has 0 unspecified atom stereocenters. The lowest BCUT2D eigenvalue weighted by Gasteiger charge is -2.33. The van der Waals surface area contributed by atoms with E-state index in [1.807, 2.05) is 44.2 Å². The predicted octanol–water partition coefficient (Wildman–Crippen LogP) is 5.68. The van der Waals surface area contributed by atoms with Crippen molar-refractivity contribution in [3.63, 3.8) is 0 Å². The lowest BCUT2D eigenvalue weighted by atomic mass is 10.0. The van der Waals surface area contributed by atoms with Crippen molar-refractivity contribution in [1.29, 1.82) is 0 Å². The van der Waals surface area contributed by atoms with Gasteiger partial charge in [0.1, 0.15) is 6.04 Å². The fraction of sp³-hybridized carbons (Fsp3) is 0.310. The first-order valence-corrected chi connectivity index (χ1v) is 15.2. The zero-order chi connectivity index (χ0) is 29.4. The van der Waals surface area contributed by atoms with E-state index in [4.69, 9.17) is 34.8 Å². The molecule has 3 aromatic carbocycles. The number of hydrogen-bond donors (Lipinski definition) is 1. The average molecular weight is 625 g/mol. The molecule has 7 nitrogen and oxygen atoms in total. The van der Waals surface area contributed by atoms with Crippen molar-refractivity contribution in [1.82, 2.24) is 14.5 Å². The Kier molecular flexibility index (Phi) is 11.4. The second-order valence-corrected chi connectivity index (χ2v) is 13.1. The monoisotopic (exact) mass is 623 g/mol. The van der Waals surface area contributed by atoms with E-state index in [2.05, 4.69) is 5.32 Å². The molecule has 0 bridgehead atoms. The summed E-state index contributed by atoms with van der Waals surface area (Å²) >= 11 is 18.3. The number of hydrogen-bond acceptors (Lipinski definition) is 4.